The summed E-state index contributed by atoms with van der Waals surface area (Å²) in [5, 5.41) is 13.6. The lowest BCUT2D eigenvalue weighted by Crippen LogP contribution is -2.00. The minimum Gasteiger partial charge on any atom is -0.456 e. The second-order valence-corrected chi connectivity index (χ2v) is 12.7. The average molecular weight is 667 g/mol. The van der Waals surface area contributed by atoms with Gasteiger partial charge in [0.05, 0.1) is 5.56 Å². The van der Waals surface area contributed by atoms with Crippen molar-refractivity contribution in [2.45, 2.75) is 0 Å². The van der Waals surface area contributed by atoms with Gasteiger partial charge in [0.1, 0.15) is 22.8 Å². The molecule has 52 heavy (non-hydrogen) atoms. The summed E-state index contributed by atoms with van der Waals surface area (Å²) >= 11 is 0. The first-order chi connectivity index (χ1) is 25.7. The molecular weight excluding hydrogens is 641 g/mol. The van der Waals surface area contributed by atoms with E-state index in [-0.39, 0.29) is 0 Å². The molecule has 0 aliphatic rings. The van der Waals surface area contributed by atoms with Crippen molar-refractivity contribution in [3.05, 3.63) is 163 Å². The molecule has 6 heteroatoms. The summed E-state index contributed by atoms with van der Waals surface area (Å²) in [5.41, 5.74) is 10.2. The van der Waals surface area contributed by atoms with Gasteiger partial charge in [-0.15, -0.1) is 0 Å². The Morgan fingerprint density at radius 2 is 0.981 bits per heavy atom. The molecule has 7 aromatic carbocycles. The Kier molecular flexibility index (Phi) is 6.76. The molecule has 6 nitrogen and oxygen atoms in total. The Balaban J connectivity index is 1.15. The zero-order valence-corrected chi connectivity index (χ0v) is 27.6. The standard InChI is InChI=1S/C46H26N4O2/c47-27-34-16-8-18-37-36-22-20-32(25-40(36)52-43(34)37)45-48-44(31-15-7-14-30(24-31)28-10-3-1-4-11-28)49-46(50-45)33-21-23-38-41(26-33)51-39-19-9-17-35(42(38)39)29-12-5-2-6-13-29/h1-26H. The molecule has 0 fully saturated rings. The van der Waals surface area contributed by atoms with Gasteiger partial charge in [-0.2, -0.15) is 5.26 Å². The van der Waals surface area contributed by atoms with Crippen LogP contribution in [0.3, 0.4) is 0 Å². The average Bonchev–Trinajstić information content (AvgIpc) is 3.79. The van der Waals surface area contributed by atoms with E-state index in [1.54, 1.807) is 6.07 Å². The first-order valence-corrected chi connectivity index (χ1v) is 17.0. The van der Waals surface area contributed by atoms with Crippen LogP contribution in [0.15, 0.2) is 167 Å². The number of benzene rings is 7. The molecule has 0 N–H and O–H groups in total. The Bertz CT molecular complexity index is 3030. The van der Waals surface area contributed by atoms with E-state index in [9.17, 15) is 5.26 Å². The fraction of sp³-hybridized carbons (Fsp3) is 0. The Morgan fingerprint density at radius 3 is 1.69 bits per heavy atom. The van der Waals surface area contributed by atoms with Crippen LogP contribution < -0.4 is 0 Å². The minimum absolute atomic E-state index is 0.496. The molecule has 242 valence electrons. The number of aromatic nitrogens is 3. The molecule has 0 unspecified atom stereocenters. The van der Waals surface area contributed by atoms with Crippen LogP contribution in [0.2, 0.25) is 0 Å². The van der Waals surface area contributed by atoms with Gasteiger partial charge in [-0.05, 0) is 64.7 Å². The van der Waals surface area contributed by atoms with Gasteiger partial charge in [0.2, 0.25) is 0 Å². The number of rotatable bonds is 5. The van der Waals surface area contributed by atoms with Gasteiger partial charge >= 0.3 is 0 Å². The van der Waals surface area contributed by atoms with E-state index in [0.29, 0.717) is 34.2 Å². The van der Waals surface area contributed by atoms with E-state index >= 15 is 0 Å². The summed E-state index contributed by atoms with van der Waals surface area (Å²) in [4.78, 5) is 15.1. The lowest BCUT2D eigenvalue weighted by atomic mass is 9.99. The van der Waals surface area contributed by atoms with Crippen molar-refractivity contribution in [1.82, 2.24) is 15.0 Å². The second-order valence-electron chi connectivity index (χ2n) is 12.7. The number of furan rings is 2. The quantitative estimate of drug-likeness (QED) is 0.182. The molecule has 10 rings (SSSR count). The molecule has 0 radical (unpaired) electrons. The van der Waals surface area contributed by atoms with Crippen molar-refractivity contribution in [1.29, 1.82) is 5.26 Å². The van der Waals surface area contributed by atoms with Crippen molar-refractivity contribution >= 4 is 43.9 Å². The number of para-hydroxylation sites is 1. The largest absolute Gasteiger partial charge is 0.456 e. The molecule has 0 bridgehead atoms. The van der Waals surface area contributed by atoms with Crippen molar-refractivity contribution in [2.75, 3.05) is 0 Å². The Labute approximate surface area is 297 Å². The third kappa shape index (κ3) is 4.92. The van der Waals surface area contributed by atoms with Gasteiger partial charge in [0.15, 0.2) is 23.1 Å². The molecule has 0 saturated heterocycles. The van der Waals surface area contributed by atoms with Crippen molar-refractivity contribution < 1.29 is 8.83 Å². The van der Waals surface area contributed by atoms with Crippen LogP contribution >= 0.6 is 0 Å². The van der Waals surface area contributed by atoms with E-state index in [4.69, 9.17) is 23.8 Å². The first-order valence-electron chi connectivity index (χ1n) is 17.0. The van der Waals surface area contributed by atoms with Gasteiger partial charge in [0.25, 0.3) is 0 Å². The lowest BCUT2D eigenvalue weighted by Gasteiger charge is -2.10. The maximum absolute atomic E-state index is 9.69. The Morgan fingerprint density at radius 1 is 0.404 bits per heavy atom. The summed E-state index contributed by atoms with van der Waals surface area (Å²) in [5.74, 6) is 1.57. The van der Waals surface area contributed by atoms with Crippen molar-refractivity contribution in [3.8, 4) is 62.5 Å². The molecule has 0 amide bonds. The normalized spacial score (nSPS) is 11.4. The number of hydrogen-bond acceptors (Lipinski definition) is 6. The highest BCUT2D eigenvalue weighted by Gasteiger charge is 2.18. The maximum atomic E-state index is 9.69. The van der Waals surface area contributed by atoms with Crippen molar-refractivity contribution in [3.63, 3.8) is 0 Å². The van der Waals surface area contributed by atoms with E-state index in [2.05, 4.69) is 66.7 Å². The number of fused-ring (bicyclic) bond motifs is 6. The van der Waals surface area contributed by atoms with Crippen LogP contribution in [-0.2, 0) is 0 Å². The number of hydrogen-bond donors (Lipinski definition) is 0. The van der Waals surface area contributed by atoms with Crippen LogP contribution in [0.5, 0.6) is 0 Å². The zero-order chi connectivity index (χ0) is 34.6. The molecule has 0 atom stereocenters. The summed E-state index contributed by atoms with van der Waals surface area (Å²) in [7, 11) is 0. The molecule has 0 saturated carbocycles. The fourth-order valence-electron chi connectivity index (χ4n) is 7.08. The topological polar surface area (TPSA) is 88.7 Å². The van der Waals surface area contributed by atoms with Gasteiger partial charge in [-0.1, -0.05) is 115 Å². The van der Waals surface area contributed by atoms with Gasteiger partial charge < -0.3 is 8.83 Å². The molecule has 0 aliphatic heterocycles. The van der Waals surface area contributed by atoms with Gasteiger partial charge in [-0.3, -0.25) is 0 Å². The van der Waals surface area contributed by atoms with Gasteiger partial charge in [-0.25, -0.2) is 15.0 Å². The highest BCUT2D eigenvalue weighted by atomic mass is 16.3. The highest BCUT2D eigenvalue weighted by Crippen LogP contribution is 2.39. The summed E-state index contributed by atoms with van der Waals surface area (Å²) in [6.45, 7) is 0. The third-order valence-corrected chi connectivity index (χ3v) is 9.58. The smallest absolute Gasteiger partial charge is 0.164 e. The van der Waals surface area contributed by atoms with E-state index in [0.717, 1.165) is 71.7 Å². The number of nitrogens with zero attached hydrogens (tertiary/aromatic N) is 4. The molecule has 3 aromatic heterocycles. The van der Waals surface area contributed by atoms with Crippen molar-refractivity contribution in [2.24, 2.45) is 0 Å². The Hall–Kier alpha value is -7.36. The molecular formula is C46H26N4O2. The molecule has 0 spiro atoms. The predicted molar refractivity (Wildman–Crippen MR) is 206 cm³/mol. The molecule has 10 aromatic rings. The minimum atomic E-state index is 0.496. The lowest BCUT2D eigenvalue weighted by molar-refractivity contribution is 0.667. The zero-order valence-electron chi connectivity index (χ0n) is 27.6. The predicted octanol–water partition coefficient (Wildman–Crippen LogP) is 11.9. The number of nitriles is 1. The van der Waals surface area contributed by atoms with Crippen LogP contribution in [0.1, 0.15) is 5.56 Å². The van der Waals surface area contributed by atoms with Gasteiger partial charge in [0, 0.05) is 38.2 Å². The van der Waals surface area contributed by atoms with Crippen LogP contribution in [-0.4, -0.2) is 15.0 Å². The van der Waals surface area contributed by atoms with Crippen LogP contribution in [0.25, 0.3) is 100 Å². The van der Waals surface area contributed by atoms with E-state index < -0.39 is 0 Å². The first kappa shape index (κ1) is 29.5. The highest BCUT2D eigenvalue weighted by molar-refractivity contribution is 6.13. The second kappa shape index (κ2) is 11.9. The van der Waals surface area contributed by atoms with E-state index in [1.165, 1.54) is 0 Å². The molecule has 3 heterocycles. The monoisotopic (exact) mass is 666 g/mol. The summed E-state index contributed by atoms with van der Waals surface area (Å²) in [6, 6.07) is 55.0. The van der Waals surface area contributed by atoms with E-state index in [1.807, 2.05) is 91.0 Å². The summed E-state index contributed by atoms with van der Waals surface area (Å²) in [6.07, 6.45) is 0. The molecule has 0 aliphatic carbocycles. The maximum Gasteiger partial charge on any atom is 0.164 e. The summed E-state index contributed by atoms with van der Waals surface area (Å²) < 4.78 is 12.7. The third-order valence-electron chi connectivity index (χ3n) is 9.58. The fourth-order valence-corrected chi connectivity index (χ4v) is 7.08. The van der Waals surface area contributed by atoms with Crippen LogP contribution in [0, 0.1) is 11.3 Å². The van der Waals surface area contributed by atoms with Crippen LogP contribution in [0.4, 0.5) is 0 Å². The SMILES string of the molecule is N#Cc1cccc2c1oc1cc(-c3nc(-c4cccc(-c5ccccc5)c4)nc(-c4ccc5c(c4)oc4cccc(-c6ccccc6)c45)n3)ccc12.